The van der Waals surface area contributed by atoms with Gasteiger partial charge in [-0.15, -0.1) is 0 Å². The molecule has 4 nitrogen and oxygen atoms in total. The second-order valence-electron chi connectivity index (χ2n) is 4.48. The molecule has 0 bridgehead atoms. The highest BCUT2D eigenvalue weighted by Gasteiger charge is 2.33. The molecule has 1 aromatic rings. The first-order valence-electron chi connectivity index (χ1n) is 6.41. The van der Waals surface area contributed by atoms with E-state index in [-0.39, 0.29) is 11.6 Å². The van der Waals surface area contributed by atoms with E-state index in [2.05, 4.69) is 24.1 Å². The minimum Gasteiger partial charge on any atom is -0.495 e. The summed E-state index contributed by atoms with van der Waals surface area (Å²) in [5.74, 6) is 0.766. The van der Waals surface area contributed by atoms with Crippen LogP contribution in [0.4, 0.5) is 0 Å². The molecule has 1 rings (SSSR count). The van der Waals surface area contributed by atoms with Crippen molar-refractivity contribution in [1.82, 2.24) is 10.3 Å². The zero-order valence-corrected chi connectivity index (χ0v) is 12.0. The molecule has 4 heteroatoms. The summed E-state index contributed by atoms with van der Waals surface area (Å²) in [6.45, 7) is 6.97. The van der Waals surface area contributed by atoms with Gasteiger partial charge < -0.3 is 14.8 Å². The number of nitrogens with one attached hydrogen (secondary N) is 1. The molecule has 0 fully saturated rings. The predicted octanol–water partition coefficient (Wildman–Crippen LogP) is 2.56. The van der Waals surface area contributed by atoms with Crippen LogP contribution in [0.1, 0.15) is 38.8 Å². The van der Waals surface area contributed by atoms with Crippen LogP contribution < -0.4 is 10.1 Å². The molecule has 1 heterocycles. The quantitative estimate of drug-likeness (QED) is 0.810. The Bertz CT molecular complexity index is 371. The summed E-state index contributed by atoms with van der Waals surface area (Å²) in [7, 11) is 3.59. The number of rotatable bonds is 7. The van der Waals surface area contributed by atoms with Crippen molar-refractivity contribution < 1.29 is 9.47 Å². The van der Waals surface area contributed by atoms with Crippen LogP contribution in [0.5, 0.6) is 5.75 Å². The number of methoxy groups -OCH3 is 1. The van der Waals surface area contributed by atoms with Gasteiger partial charge >= 0.3 is 0 Å². The van der Waals surface area contributed by atoms with Crippen molar-refractivity contribution >= 4 is 0 Å². The van der Waals surface area contributed by atoms with Gasteiger partial charge in [0.25, 0.3) is 0 Å². The molecule has 0 radical (unpaired) electrons. The third kappa shape index (κ3) is 3.21. The molecule has 0 amide bonds. The first-order chi connectivity index (χ1) is 8.61. The summed E-state index contributed by atoms with van der Waals surface area (Å²) in [6.07, 6.45) is 4.49. The van der Waals surface area contributed by atoms with Gasteiger partial charge in [0.1, 0.15) is 5.75 Å². The van der Waals surface area contributed by atoms with E-state index in [1.54, 1.807) is 13.3 Å². The highest BCUT2D eigenvalue weighted by Crippen LogP contribution is 2.32. The van der Waals surface area contributed by atoms with Crippen molar-refractivity contribution in [3.63, 3.8) is 0 Å². The van der Waals surface area contributed by atoms with Gasteiger partial charge in [-0.05, 0) is 38.9 Å². The lowest BCUT2D eigenvalue weighted by Crippen LogP contribution is -2.42. The lowest BCUT2D eigenvalue weighted by molar-refractivity contribution is -0.0547. The van der Waals surface area contributed by atoms with Crippen LogP contribution in [0, 0.1) is 0 Å². The van der Waals surface area contributed by atoms with Crippen molar-refractivity contribution in [2.75, 3.05) is 20.8 Å². The predicted molar refractivity (Wildman–Crippen MR) is 72.9 cm³/mol. The van der Waals surface area contributed by atoms with E-state index in [1.165, 1.54) is 0 Å². The molecule has 102 valence electrons. The van der Waals surface area contributed by atoms with Gasteiger partial charge in [0, 0.05) is 12.8 Å². The molecule has 0 aliphatic heterocycles. The van der Waals surface area contributed by atoms with E-state index < -0.39 is 0 Å². The molecule has 0 spiro atoms. The van der Waals surface area contributed by atoms with Gasteiger partial charge in [-0.3, -0.25) is 4.98 Å². The molecular weight excluding hydrogens is 228 g/mol. The maximum absolute atomic E-state index is 5.93. The average molecular weight is 252 g/mol. The zero-order chi connectivity index (χ0) is 13.6. The van der Waals surface area contributed by atoms with Gasteiger partial charge in [-0.2, -0.15) is 0 Å². The number of likely N-dealkylation sites (N-methyl/N-ethyl adjacent to an activating group) is 1. The Morgan fingerprint density at radius 2 is 2.11 bits per heavy atom. The first-order valence-corrected chi connectivity index (χ1v) is 6.41. The molecule has 0 aliphatic carbocycles. The third-order valence-electron chi connectivity index (χ3n) is 3.38. The van der Waals surface area contributed by atoms with E-state index in [9.17, 15) is 0 Å². The molecule has 0 saturated heterocycles. The summed E-state index contributed by atoms with van der Waals surface area (Å²) >= 11 is 0. The third-order valence-corrected chi connectivity index (χ3v) is 3.38. The van der Waals surface area contributed by atoms with E-state index >= 15 is 0 Å². The van der Waals surface area contributed by atoms with Gasteiger partial charge in [0.2, 0.25) is 0 Å². The Labute approximate surface area is 110 Å². The molecule has 18 heavy (non-hydrogen) atoms. The van der Waals surface area contributed by atoms with Crippen molar-refractivity contribution in [2.45, 2.75) is 38.8 Å². The topological polar surface area (TPSA) is 43.4 Å². The number of aromatic nitrogens is 1. The Kier molecular flexibility index (Phi) is 5.56. The van der Waals surface area contributed by atoms with Crippen molar-refractivity contribution in [2.24, 2.45) is 0 Å². The summed E-state index contributed by atoms with van der Waals surface area (Å²) in [5, 5.41) is 3.33. The van der Waals surface area contributed by atoms with Gasteiger partial charge in [-0.25, -0.2) is 0 Å². The summed E-state index contributed by atoms with van der Waals surface area (Å²) in [6, 6.07) is 2.09. The van der Waals surface area contributed by atoms with Crippen molar-refractivity contribution in [1.29, 1.82) is 0 Å². The van der Waals surface area contributed by atoms with Crippen LogP contribution in [0.3, 0.4) is 0 Å². The fourth-order valence-corrected chi connectivity index (χ4v) is 2.25. The lowest BCUT2D eigenvalue weighted by Gasteiger charge is -2.36. The second-order valence-corrected chi connectivity index (χ2v) is 4.48. The smallest absolute Gasteiger partial charge is 0.137 e. The maximum Gasteiger partial charge on any atom is 0.137 e. The largest absolute Gasteiger partial charge is 0.495 e. The summed E-state index contributed by atoms with van der Waals surface area (Å²) in [4.78, 5) is 4.21. The minimum absolute atomic E-state index is 0.0880. The van der Waals surface area contributed by atoms with Crippen LogP contribution in [0.25, 0.3) is 0 Å². The molecule has 2 atom stereocenters. The Hall–Kier alpha value is -1.13. The van der Waals surface area contributed by atoms with Crippen LogP contribution in [0.2, 0.25) is 0 Å². The molecule has 0 aliphatic rings. The summed E-state index contributed by atoms with van der Waals surface area (Å²) in [5.41, 5.74) is 0.826. The van der Waals surface area contributed by atoms with Gasteiger partial charge in [0.05, 0.1) is 24.9 Å². The van der Waals surface area contributed by atoms with Gasteiger partial charge in [0.15, 0.2) is 0 Å². The lowest BCUT2D eigenvalue weighted by atomic mass is 9.88. The molecule has 2 unspecified atom stereocenters. The Balaban J connectivity index is 3.06. The fourth-order valence-electron chi connectivity index (χ4n) is 2.25. The number of hydrogen-bond acceptors (Lipinski definition) is 4. The zero-order valence-electron chi connectivity index (χ0n) is 12.0. The molecule has 0 aromatic carbocycles. The summed E-state index contributed by atoms with van der Waals surface area (Å²) < 4.78 is 11.2. The normalized spacial score (nSPS) is 16.1. The molecular formula is C14H24N2O2. The SMILES string of the molecule is CCOC(C)(CC)C(NC)c1cncc(OC)c1. The van der Waals surface area contributed by atoms with E-state index in [1.807, 2.05) is 26.2 Å². The highest BCUT2D eigenvalue weighted by molar-refractivity contribution is 5.27. The number of pyridine rings is 1. The number of ether oxygens (including phenoxy) is 2. The molecule has 1 N–H and O–H groups in total. The van der Waals surface area contributed by atoms with Crippen molar-refractivity contribution in [3.05, 3.63) is 24.0 Å². The average Bonchev–Trinajstić information content (AvgIpc) is 2.40. The standard InChI is InChI=1S/C14H24N2O2/c1-6-14(3,18-7-2)13(15-4)11-8-12(17-5)10-16-9-11/h8-10,13,15H,6-7H2,1-5H3. The Morgan fingerprint density at radius 1 is 1.39 bits per heavy atom. The van der Waals surface area contributed by atoms with Crippen LogP contribution in [-0.2, 0) is 4.74 Å². The molecule has 0 saturated carbocycles. The minimum atomic E-state index is -0.252. The monoisotopic (exact) mass is 252 g/mol. The number of hydrogen-bond donors (Lipinski definition) is 1. The molecule has 1 aromatic heterocycles. The fraction of sp³-hybridized carbons (Fsp3) is 0.643. The van der Waals surface area contributed by atoms with Crippen LogP contribution >= 0.6 is 0 Å². The Morgan fingerprint density at radius 3 is 2.61 bits per heavy atom. The van der Waals surface area contributed by atoms with Crippen LogP contribution in [0.15, 0.2) is 18.5 Å². The van der Waals surface area contributed by atoms with Crippen LogP contribution in [-0.4, -0.2) is 31.3 Å². The highest BCUT2D eigenvalue weighted by atomic mass is 16.5. The van der Waals surface area contributed by atoms with E-state index in [0.29, 0.717) is 6.61 Å². The second kappa shape index (κ2) is 6.71. The maximum atomic E-state index is 5.93. The van der Waals surface area contributed by atoms with Crippen molar-refractivity contribution in [3.8, 4) is 5.75 Å². The van der Waals surface area contributed by atoms with Gasteiger partial charge in [-0.1, -0.05) is 6.92 Å². The van der Waals surface area contributed by atoms with E-state index in [0.717, 1.165) is 17.7 Å². The van der Waals surface area contributed by atoms with E-state index in [4.69, 9.17) is 9.47 Å². The first kappa shape index (κ1) is 14.9. The number of nitrogens with zero attached hydrogens (tertiary/aromatic N) is 1.